The van der Waals surface area contributed by atoms with Crippen LogP contribution < -0.4 is 0 Å². The topological polar surface area (TPSA) is 44.5 Å². The van der Waals surface area contributed by atoms with Gasteiger partial charge in [-0.2, -0.15) is 0 Å². The van der Waals surface area contributed by atoms with Crippen LogP contribution in [-0.4, -0.2) is 15.2 Å². The van der Waals surface area contributed by atoms with Crippen LogP contribution in [0.15, 0.2) is 42.6 Å². The normalized spacial score (nSPS) is 11.5. The Hall–Kier alpha value is -2.62. The van der Waals surface area contributed by atoms with E-state index in [1.54, 1.807) is 6.20 Å². The second-order valence-corrected chi connectivity index (χ2v) is 4.92. The Labute approximate surface area is 114 Å². The molecule has 0 atom stereocenters. The van der Waals surface area contributed by atoms with Gasteiger partial charge in [-0.3, -0.25) is 0 Å². The summed E-state index contributed by atoms with van der Waals surface area (Å²) in [6, 6.07) is 11.5. The molecule has 2 aromatic heterocycles. The van der Waals surface area contributed by atoms with E-state index in [1.807, 2.05) is 43.3 Å². The number of aromatic nitrogens is 3. The van der Waals surface area contributed by atoms with Crippen LogP contribution in [0.2, 0.25) is 0 Å². The van der Waals surface area contributed by atoms with Crippen molar-refractivity contribution >= 4 is 21.8 Å². The lowest BCUT2D eigenvalue weighted by Crippen LogP contribution is -1.85. The molecule has 2 N–H and O–H groups in total. The summed E-state index contributed by atoms with van der Waals surface area (Å²) in [7, 11) is 0. The van der Waals surface area contributed by atoms with E-state index in [2.05, 4.69) is 15.2 Å². The summed E-state index contributed by atoms with van der Waals surface area (Å²) in [6.07, 6.45) is 1.77. The molecule has 2 aromatic carbocycles. The van der Waals surface area contributed by atoms with E-state index in [9.17, 15) is 4.39 Å². The van der Waals surface area contributed by atoms with Gasteiger partial charge < -0.3 is 10.2 Å². The minimum Gasteiger partial charge on any atom is -0.307 e. The van der Waals surface area contributed by atoms with Gasteiger partial charge in [0.25, 0.3) is 0 Å². The van der Waals surface area contributed by atoms with Crippen LogP contribution in [-0.2, 0) is 0 Å². The summed E-state index contributed by atoms with van der Waals surface area (Å²) in [5, 5.41) is 7.27. The lowest BCUT2D eigenvalue weighted by atomic mass is 10.1. The maximum Gasteiger partial charge on any atom is 0.159 e. The standard InChI is InChI=1S/C16H12FN3/c1-9-4-2-3-5-10(9)16-15(17)14-11-8-18-20-12(11)6-7-13(14)19-16/h2-8,18,20H,1H3. The largest absolute Gasteiger partial charge is 0.307 e. The van der Waals surface area contributed by atoms with Crippen LogP contribution in [0, 0.1) is 12.7 Å². The molecule has 0 amide bonds. The van der Waals surface area contributed by atoms with Crippen LogP contribution in [0.1, 0.15) is 5.56 Å². The zero-order valence-corrected chi connectivity index (χ0v) is 10.9. The maximum absolute atomic E-state index is 14.8. The Morgan fingerprint density at radius 1 is 1.10 bits per heavy atom. The van der Waals surface area contributed by atoms with Crippen molar-refractivity contribution in [2.75, 3.05) is 0 Å². The Balaban J connectivity index is 2.12. The summed E-state index contributed by atoms with van der Waals surface area (Å²) in [5.41, 5.74) is 3.84. The number of aromatic amines is 2. The number of H-pyrrole nitrogens is 2. The molecule has 0 spiro atoms. The average Bonchev–Trinajstić information content (AvgIpc) is 3.04. The molecule has 4 aromatic rings. The van der Waals surface area contributed by atoms with Crippen molar-refractivity contribution in [1.82, 2.24) is 15.2 Å². The summed E-state index contributed by atoms with van der Waals surface area (Å²) in [5.74, 6) is -0.257. The maximum atomic E-state index is 14.8. The zero-order valence-electron chi connectivity index (χ0n) is 10.9. The van der Waals surface area contributed by atoms with Gasteiger partial charge in [0.2, 0.25) is 0 Å². The number of halogens is 1. The van der Waals surface area contributed by atoms with Crippen molar-refractivity contribution in [1.29, 1.82) is 0 Å². The molecule has 4 heteroatoms. The number of fused-ring (bicyclic) bond motifs is 3. The van der Waals surface area contributed by atoms with Crippen molar-refractivity contribution < 1.29 is 4.39 Å². The minimum atomic E-state index is -0.257. The molecule has 0 unspecified atom stereocenters. The van der Waals surface area contributed by atoms with E-state index in [0.29, 0.717) is 16.6 Å². The first-order valence-electron chi connectivity index (χ1n) is 6.45. The van der Waals surface area contributed by atoms with Gasteiger partial charge in [0.05, 0.1) is 11.0 Å². The molecule has 0 bridgehead atoms. The third-order valence-electron chi connectivity index (χ3n) is 3.71. The second kappa shape index (κ2) is 3.93. The van der Waals surface area contributed by atoms with E-state index in [4.69, 9.17) is 0 Å². The highest BCUT2D eigenvalue weighted by Gasteiger charge is 2.18. The first-order valence-corrected chi connectivity index (χ1v) is 6.45. The molecular formula is C16H12FN3. The Morgan fingerprint density at radius 3 is 2.80 bits per heavy atom. The van der Waals surface area contributed by atoms with Crippen LogP contribution >= 0.6 is 0 Å². The molecule has 4 rings (SSSR count). The van der Waals surface area contributed by atoms with Crippen molar-refractivity contribution in [3.05, 3.63) is 54.0 Å². The van der Waals surface area contributed by atoms with Gasteiger partial charge in [-0.1, -0.05) is 24.3 Å². The number of nitrogens with one attached hydrogen (secondary N) is 2. The molecule has 20 heavy (non-hydrogen) atoms. The fraction of sp³-hybridized carbons (Fsp3) is 0.0625. The second-order valence-electron chi connectivity index (χ2n) is 4.92. The first kappa shape index (κ1) is 11.2. The molecule has 0 saturated carbocycles. The van der Waals surface area contributed by atoms with Gasteiger partial charge in [-0.25, -0.2) is 9.37 Å². The van der Waals surface area contributed by atoms with Gasteiger partial charge in [-0.05, 0) is 24.6 Å². The van der Waals surface area contributed by atoms with E-state index in [1.165, 1.54) is 0 Å². The Morgan fingerprint density at radius 2 is 1.95 bits per heavy atom. The fourth-order valence-corrected chi connectivity index (χ4v) is 2.68. The SMILES string of the molecule is Cc1ccccc1-c1nc2ccc3[nH][nH]cc3c2c1F. The van der Waals surface area contributed by atoms with E-state index in [-0.39, 0.29) is 5.82 Å². The van der Waals surface area contributed by atoms with Crippen LogP contribution in [0.5, 0.6) is 0 Å². The smallest absolute Gasteiger partial charge is 0.159 e. The summed E-state index contributed by atoms with van der Waals surface area (Å²) < 4.78 is 14.8. The molecule has 0 aliphatic heterocycles. The fourth-order valence-electron chi connectivity index (χ4n) is 2.68. The first-order chi connectivity index (χ1) is 9.75. The molecule has 98 valence electrons. The number of hydrogen-bond acceptors (Lipinski definition) is 1. The van der Waals surface area contributed by atoms with Crippen LogP contribution in [0.3, 0.4) is 0 Å². The lowest BCUT2D eigenvalue weighted by Gasteiger charge is -2.01. The highest BCUT2D eigenvalue weighted by Crippen LogP contribution is 2.34. The summed E-state index contributed by atoms with van der Waals surface area (Å²) >= 11 is 0. The van der Waals surface area contributed by atoms with E-state index < -0.39 is 0 Å². The van der Waals surface area contributed by atoms with E-state index >= 15 is 0 Å². The quantitative estimate of drug-likeness (QED) is 0.533. The molecule has 0 fully saturated rings. The highest BCUT2D eigenvalue weighted by molar-refractivity contribution is 6.07. The number of hydrogen-bond donors (Lipinski definition) is 2. The van der Waals surface area contributed by atoms with Gasteiger partial charge in [0.1, 0.15) is 5.69 Å². The molecule has 0 aliphatic rings. The van der Waals surface area contributed by atoms with Crippen molar-refractivity contribution in [3.63, 3.8) is 0 Å². The number of benzene rings is 2. The average molecular weight is 265 g/mol. The number of nitrogens with zero attached hydrogens (tertiary/aromatic N) is 1. The van der Waals surface area contributed by atoms with Gasteiger partial charge >= 0.3 is 0 Å². The Bertz CT molecular complexity index is 933. The molecule has 0 aliphatic carbocycles. The summed E-state index contributed by atoms with van der Waals surface area (Å²) in [4.78, 5) is 4.47. The van der Waals surface area contributed by atoms with Crippen LogP contribution in [0.25, 0.3) is 33.1 Å². The number of aryl methyl sites for hydroxylation is 1. The monoisotopic (exact) mass is 265 g/mol. The molecule has 2 heterocycles. The van der Waals surface area contributed by atoms with Gasteiger partial charge in [-0.15, -0.1) is 0 Å². The van der Waals surface area contributed by atoms with Crippen molar-refractivity contribution in [2.45, 2.75) is 6.92 Å². The predicted octanol–water partition coefficient (Wildman–Crippen LogP) is 4.16. The molecule has 0 saturated heterocycles. The predicted molar refractivity (Wildman–Crippen MR) is 78.1 cm³/mol. The molecule has 3 nitrogen and oxygen atoms in total. The minimum absolute atomic E-state index is 0.257. The number of rotatable bonds is 1. The molecular weight excluding hydrogens is 253 g/mol. The van der Waals surface area contributed by atoms with E-state index in [0.717, 1.165) is 22.0 Å². The zero-order chi connectivity index (χ0) is 13.7. The van der Waals surface area contributed by atoms with Gasteiger partial charge in [0, 0.05) is 22.5 Å². The summed E-state index contributed by atoms with van der Waals surface area (Å²) in [6.45, 7) is 1.97. The van der Waals surface area contributed by atoms with Crippen LogP contribution in [0.4, 0.5) is 4.39 Å². The highest BCUT2D eigenvalue weighted by atomic mass is 19.1. The van der Waals surface area contributed by atoms with Crippen molar-refractivity contribution in [3.8, 4) is 11.3 Å². The lowest BCUT2D eigenvalue weighted by molar-refractivity contribution is 0.643. The Kier molecular flexibility index (Phi) is 2.21. The third kappa shape index (κ3) is 1.42. The molecule has 0 radical (unpaired) electrons. The van der Waals surface area contributed by atoms with Gasteiger partial charge in [0.15, 0.2) is 5.82 Å². The third-order valence-corrected chi connectivity index (χ3v) is 3.71. The van der Waals surface area contributed by atoms with Crippen molar-refractivity contribution in [2.24, 2.45) is 0 Å².